The number of amides is 1. The first-order valence-corrected chi connectivity index (χ1v) is 15.8. The van der Waals surface area contributed by atoms with Crippen LogP contribution in [0, 0.1) is 28.6 Å². The van der Waals surface area contributed by atoms with Crippen molar-refractivity contribution < 1.29 is 49.1 Å². The van der Waals surface area contributed by atoms with Crippen LogP contribution in [0.4, 0.5) is 0 Å². The number of aliphatic carboxylic acids is 1. The number of hydrogen-bond donors (Lipinski definition) is 5. The van der Waals surface area contributed by atoms with E-state index in [9.17, 15) is 44.4 Å². The van der Waals surface area contributed by atoms with Gasteiger partial charge in [-0.25, -0.2) is 4.79 Å². The van der Waals surface area contributed by atoms with E-state index in [0.29, 0.717) is 24.8 Å². The van der Waals surface area contributed by atoms with Gasteiger partial charge in [-0.05, 0) is 73.3 Å². The van der Waals surface area contributed by atoms with Crippen LogP contribution in [0.5, 0.6) is 0 Å². The largest absolute Gasteiger partial charge is 0.480 e. The highest BCUT2D eigenvalue weighted by atomic mass is 16.5. The Labute approximate surface area is 262 Å². The Morgan fingerprint density at radius 1 is 1.04 bits per heavy atom. The first-order valence-electron chi connectivity index (χ1n) is 15.8. The minimum absolute atomic E-state index is 0.0244. The maximum atomic E-state index is 13.5. The lowest BCUT2D eigenvalue weighted by molar-refractivity contribution is -0.184. The van der Waals surface area contributed by atoms with Gasteiger partial charge in [-0.1, -0.05) is 49.8 Å². The Balaban J connectivity index is 1.17. The van der Waals surface area contributed by atoms with Gasteiger partial charge in [0.05, 0.1) is 12.5 Å². The molecule has 9 unspecified atom stereocenters. The van der Waals surface area contributed by atoms with Crippen LogP contribution in [0.3, 0.4) is 0 Å². The number of rotatable bonds is 10. The molecule has 0 bridgehead atoms. The van der Waals surface area contributed by atoms with Crippen LogP contribution in [0.25, 0.3) is 0 Å². The molecule has 5 N–H and O–H groups in total. The molecule has 1 aromatic rings. The number of ether oxygens (including phenoxy) is 1. The molecule has 0 aromatic heterocycles. The Morgan fingerprint density at radius 2 is 1.76 bits per heavy atom. The van der Waals surface area contributed by atoms with Gasteiger partial charge in [0, 0.05) is 18.3 Å². The number of benzene rings is 1. The number of Topliss-reactive ketones (excluding diaryl/α,β-unsaturated/α-hetero) is 1. The third-order valence-corrected chi connectivity index (χ3v) is 11.5. The summed E-state index contributed by atoms with van der Waals surface area (Å²) < 4.78 is 5.16. The summed E-state index contributed by atoms with van der Waals surface area (Å²) in [7, 11) is 0. The lowest BCUT2D eigenvalue weighted by Gasteiger charge is -2.60. The van der Waals surface area contributed by atoms with E-state index in [1.807, 2.05) is 6.92 Å². The van der Waals surface area contributed by atoms with Gasteiger partial charge in [0.15, 0.2) is 18.4 Å². The van der Waals surface area contributed by atoms with Crippen molar-refractivity contribution in [3.63, 3.8) is 0 Å². The molecule has 0 aliphatic heterocycles. The highest BCUT2D eigenvalue weighted by Crippen LogP contribution is 2.67. The fourth-order valence-corrected chi connectivity index (χ4v) is 9.07. The van der Waals surface area contributed by atoms with Crippen LogP contribution in [-0.4, -0.2) is 74.2 Å². The zero-order chi connectivity index (χ0) is 32.7. The number of fused-ring (bicyclic) bond motifs is 5. The number of allylic oxidation sites excluding steroid dienone is 1. The van der Waals surface area contributed by atoms with Crippen molar-refractivity contribution in [2.75, 3.05) is 6.61 Å². The average molecular weight is 626 g/mol. The van der Waals surface area contributed by atoms with Gasteiger partial charge < -0.3 is 30.5 Å². The Kier molecular flexibility index (Phi) is 9.09. The Morgan fingerprint density at radius 3 is 2.44 bits per heavy atom. The normalized spacial score (nSPS) is 35.1. The molecule has 0 heterocycles. The van der Waals surface area contributed by atoms with E-state index in [1.54, 1.807) is 24.3 Å². The molecule has 0 saturated heterocycles. The lowest BCUT2D eigenvalue weighted by Crippen LogP contribution is -2.62. The summed E-state index contributed by atoms with van der Waals surface area (Å²) >= 11 is 0. The molecule has 1 amide bonds. The fraction of sp³-hybridized carbons (Fsp3) is 0.618. The van der Waals surface area contributed by atoms with Crippen molar-refractivity contribution in [3.05, 3.63) is 47.5 Å². The fourth-order valence-electron chi connectivity index (χ4n) is 9.07. The van der Waals surface area contributed by atoms with Gasteiger partial charge in [-0.3, -0.25) is 19.2 Å². The van der Waals surface area contributed by atoms with Crippen molar-refractivity contribution in [2.45, 2.75) is 95.5 Å². The molecule has 244 valence electrons. The topological polar surface area (TPSA) is 188 Å². The minimum atomic E-state index is -1.80. The molecule has 3 fully saturated rings. The molecule has 11 nitrogen and oxygen atoms in total. The van der Waals surface area contributed by atoms with E-state index in [1.165, 1.54) is 12.1 Å². The van der Waals surface area contributed by atoms with Gasteiger partial charge in [-0.2, -0.15) is 0 Å². The Bertz CT molecular complexity index is 1390. The number of esters is 1. The predicted octanol–water partition coefficient (Wildman–Crippen LogP) is 2.42. The minimum Gasteiger partial charge on any atom is -0.480 e. The van der Waals surface area contributed by atoms with Crippen molar-refractivity contribution in [2.24, 2.45) is 28.6 Å². The summed E-state index contributed by atoms with van der Waals surface area (Å²) in [5.74, 6) is -3.66. The average Bonchev–Trinajstić information content (AvgIpc) is 3.28. The van der Waals surface area contributed by atoms with Crippen molar-refractivity contribution in [1.82, 2.24) is 5.32 Å². The second-order valence-electron chi connectivity index (χ2n) is 13.8. The van der Waals surface area contributed by atoms with Crippen LogP contribution in [0.2, 0.25) is 0 Å². The number of carbonyl (C=O) groups is 5. The second kappa shape index (κ2) is 12.4. The molecule has 45 heavy (non-hydrogen) atoms. The standard InChI is InChI=1S/C34H43NO10/c1-32-14-12-21(36)16-20(32)8-9-22-23-13-15-34(44,33(23,2)17-24(37)28(22)32)25(38)18-45-27(40)11-10-26(39)35-29(31(42)43)30(41)19-6-4-3-5-7-19/h3-7,16,22-24,28-30,37,41,44H,8-15,17-18H2,1-2H3,(H,35,39)(H,42,43). The van der Waals surface area contributed by atoms with E-state index >= 15 is 0 Å². The Hall–Kier alpha value is -3.41. The summed E-state index contributed by atoms with van der Waals surface area (Å²) in [5.41, 5.74) is -1.63. The van der Waals surface area contributed by atoms with E-state index in [-0.39, 0.29) is 41.8 Å². The van der Waals surface area contributed by atoms with Crippen LogP contribution in [0.1, 0.15) is 83.3 Å². The van der Waals surface area contributed by atoms with Crippen LogP contribution in [-0.2, 0) is 28.7 Å². The summed E-state index contributed by atoms with van der Waals surface area (Å²) in [6.45, 7) is 3.28. The third kappa shape index (κ3) is 5.86. The maximum absolute atomic E-state index is 13.5. The zero-order valence-electron chi connectivity index (χ0n) is 25.7. The maximum Gasteiger partial charge on any atom is 0.329 e. The molecule has 3 saturated carbocycles. The summed E-state index contributed by atoms with van der Waals surface area (Å²) in [6, 6.07) is 6.35. The van der Waals surface area contributed by atoms with Crippen molar-refractivity contribution in [1.29, 1.82) is 0 Å². The quantitative estimate of drug-likeness (QED) is 0.242. The second-order valence-corrected chi connectivity index (χ2v) is 13.8. The van der Waals surface area contributed by atoms with Crippen molar-refractivity contribution in [3.8, 4) is 0 Å². The summed E-state index contributed by atoms with van der Waals surface area (Å²) in [4.78, 5) is 62.2. The number of nitrogens with one attached hydrogen (secondary N) is 1. The number of carbonyl (C=O) groups excluding carboxylic acids is 4. The van der Waals surface area contributed by atoms with Gasteiger partial charge in [0.25, 0.3) is 0 Å². The smallest absolute Gasteiger partial charge is 0.329 e. The molecule has 1 aromatic carbocycles. The summed E-state index contributed by atoms with van der Waals surface area (Å²) in [5, 5.41) is 45.5. The first-order chi connectivity index (χ1) is 21.2. The highest BCUT2D eigenvalue weighted by Gasteiger charge is 2.68. The molecular formula is C34H43NO10. The molecule has 0 spiro atoms. The van der Waals surface area contributed by atoms with Crippen LogP contribution >= 0.6 is 0 Å². The SMILES string of the molecule is CC12CCC(=O)C=C1CCC1C2C(O)CC2(C)C1CCC2(O)C(=O)COC(=O)CCC(=O)NC(C(=O)O)C(O)c1ccccc1. The molecule has 0 radical (unpaired) electrons. The van der Waals surface area contributed by atoms with Gasteiger partial charge in [0.1, 0.15) is 11.7 Å². The summed E-state index contributed by atoms with van der Waals surface area (Å²) in [6.07, 6.45) is 2.23. The molecule has 4 aliphatic rings. The van der Waals surface area contributed by atoms with Gasteiger partial charge in [0.2, 0.25) is 11.7 Å². The number of carboxylic acid groups (broad SMARTS) is 1. The lowest BCUT2D eigenvalue weighted by atomic mass is 9.45. The monoisotopic (exact) mass is 625 g/mol. The van der Waals surface area contributed by atoms with E-state index in [2.05, 4.69) is 12.2 Å². The van der Waals surface area contributed by atoms with E-state index < -0.39 is 72.3 Å². The van der Waals surface area contributed by atoms with Crippen LogP contribution in [0.15, 0.2) is 42.0 Å². The molecular weight excluding hydrogens is 582 g/mol. The number of aliphatic hydroxyl groups excluding tert-OH is 2. The van der Waals surface area contributed by atoms with E-state index in [4.69, 9.17) is 4.74 Å². The number of ketones is 2. The molecule has 11 heteroatoms. The first kappa shape index (κ1) is 33.0. The molecule has 4 aliphatic carbocycles. The predicted molar refractivity (Wildman–Crippen MR) is 159 cm³/mol. The zero-order valence-corrected chi connectivity index (χ0v) is 25.7. The number of hydrogen-bond acceptors (Lipinski definition) is 9. The number of aliphatic hydroxyl groups is 3. The van der Waals surface area contributed by atoms with Gasteiger partial charge >= 0.3 is 11.9 Å². The highest BCUT2D eigenvalue weighted by molar-refractivity contribution is 5.92. The molecule has 9 atom stereocenters. The number of carboxylic acids is 1. The third-order valence-electron chi connectivity index (χ3n) is 11.5. The van der Waals surface area contributed by atoms with Crippen molar-refractivity contribution >= 4 is 29.4 Å². The van der Waals surface area contributed by atoms with Gasteiger partial charge in [-0.15, -0.1) is 0 Å². The van der Waals surface area contributed by atoms with E-state index in [0.717, 1.165) is 18.4 Å². The molecule has 5 rings (SSSR count). The van der Waals surface area contributed by atoms with Crippen LogP contribution < -0.4 is 5.32 Å².